The summed E-state index contributed by atoms with van der Waals surface area (Å²) >= 11 is 0. The predicted molar refractivity (Wildman–Crippen MR) is 144 cm³/mol. The Morgan fingerprint density at radius 1 is 0.605 bits per heavy atom. The Morgan fingerprint density at radius 2 is 1.03 bits per heavy atom. The summed E-state index contributed by atoms with van der Waals surface area (Å²) in [7, 11) is 0. The van der Waals surface area contributed by atoms with Crippen molar-refractivity contribution in [3.05, 3.63) is 70.8 Å². The summed E-state index contributed by atoms with van der Waals surface area (Å²) in [6.07, 6.45) is 5.58. The van der Waals surface area contributed by atoms with Gasteiger partial charge < -0.3 is 4.74 Å². The quantitative estimate of drug-likeness (QED) is 0.0894. The Morgan fingerprint density at radius 3 is 1.50 bits per heavy atom. The fourth-order valence-electron chi connectivity index (χ4n) is 7.33. The van der Waals surface area contributed by atoms with Crippen LogP contribution in [-0.2, 0) is 4.74 Å². The van der Waals surface area contributed by atoms with E-state index in [2.05, 4.69) is 0 Å². The molecular weight excluding hydrogens is 478 g/mol. The van der Waals surface area contributed by atoms with Crippen molar-refractivity contribution in [2.24, 2.45) is 5.92 Å². The monoisotopic (exact) mass is 501 g/mol. The van der Waals surface area contributed by atoms with E-state index >= 15 is 0 Å². The second kappa shape index (κ2) is 7.38. The molecule has 0 saturated heterocycles. The maximum atomic E-state index is 13.9. The van der Waals surface area contributed by atoms with Gasteiger partial charge in [-0.1, -0.05) is 43.5 Å². The van der Waals surface area contributed by atoms with Crippen LogP contribution in [0.5, 0.6) is 0 Å². The Hall–Kier alpha value is -4.32. The molecule has 1 atom stereocenters. The molecule has 0 unspecified atom stereocenters. The molecule has 1 saturated carbocycles. The molecule has 8 rings (SSSR count). The van der Waals surface area contributed by atoms with E-state index in [0.29, 0.717) is 38.9 Å². The molecule has 1 aliphatic carbocycles. The zero-order chi connectivity index (χ0) is 25.9. The van der Waals surface area contributed by atoms with E-state index in [4.69, 9.17) is 4.74 Å². The van der Waals surface area contributed by atoms with Crippen molar-refractivity contribution in [1.29, 1.82) is 0 Å². The van der Waals surface area contributed by atoms with Crippen molar-refractivity contribution in [3.63, 3.8) is 0 Å². The third-order valence-corrected chi connectivity index (χ3v) is 9.16. The summed E-state index contributed by atoms with van der Waals surface area (Å²) in [5.41, 5.74) is 1.84. The van der Waals surface area contributed by atoms with E-state index < -0.39 is 11.9 Å². The normalized spacial score (nSPS) is 18.8. The van der Waals surface area contributed by atoms with E-state index in [1.165, 1.54) is 11.3 Å². The molecule has 2 heterocycles. The summed E-state index contributed by atoms with van der Waals surface area (Å²) < 4.78 is 4.95. The van der Waals surface area contributed by atoms with Crippen LogP contribution in [0.1, 0.15) is 80.5 Å². The molecule has 186 valence electrons. The fourth-order valence-corrected chi connectivity index (χ4v) is 7.33. The highest BCUT2D eigenvalue weighted by atomic mass is 16.6. The molecule has 0 spiro atoms. The Kier molecular flexibility index (Phi) is 4.22. The second-order valence-corrected chi connectivity index (χ2v) is 10.9. The van der Waals surface area contributed by atoms with E-state index in [1.807, 2.05) is 43.3 Å². The minimum atomic E-state index is -0.648. The number of fused-ring (bicyclic) bond motifs is 2. The van der Waals surface area contributed by atoms with Crippen LogP contribution < -0.4 is 0 Å². The average Bonchev–Trinajstić information content (AvgIpc) is 2.94. The van der Waals surface area contributed by atoms with Crippen LogP contribution in [0.2, 0.25) is 0 Å². The van der Waals surface area contributed by atoms with Crippen LogP contribution in [0, 0.1) is 5.92 Å². The number of benzene rings is 5. The first-order chi connectivity index (χ1) is 18.5. The lowest BCUT2D eigenvalue weighted by Gasteiger charge is -2.38. The molecule has 2 amide bonds. The number of carbonyl (C=O) groups excluding carboxylic acids is 4. The SMILES string of the molecule is C[C@@H](C1CCCCC1)N1C(=O)c2ccc3c4ccc5c6c(ccc(c7ccc(c2c37)C1=O)c64)C(=O)OC5=O. The second-order valence-electron chi connectivity index (χ2n) is 10.9. The Bertz CT molecular complexity index is 1810. The molecular formula is C32H23NO5. The summed E-state index contributed by atoms with van der Waals surface area (Å²) in [5, 5.41) is 6.49. The molecule has 0 aromatic heterocycles. The van der Waals surface area contributed by atoms with Gasteiger partial charge in [0, 0.05) is 27.9 Å². The van der Waals surface area contributed by atoms with Crippen LogP contribution in [0.25, 0.3) is 43.1 Å². The summed E-state index contributed by atoms with van der Waals surface area (Å²) in [4.78, 5) is 54.3. The zero-order valence-corrected chi connectivity index (χ0v) is 20.8. The van der Waals surface area contributed by atoms with Crippen molar-refractivity contribution in [2.45, 2.75) is 45.1 Å². The number of amides is 2. The highest BCUT2D eigenvalue weighted by molar-refractivity contribution is 6.40. The maximum absolute atomic E-state index is 13.9. The minimum Gasteiger partial charge on any atom is -0.386 e. The standard InChI is InChI=1S/C32H23NO5/c1-15(16-5-3-2-4-6-16)33-29(34)21-11-7-17-19-9-13-23-28-24(32(37)38-31(23)36)14-10-20(26(19)28)18-8-12-22(30(33)35)27(21)25(17)18/h7-16H,2-6H2,1H3/t15-/m0/s1. The molecule has 6 heteroatoms. The number of carbonyl (C=O) groups is 4. The molecule has 0 N–H and O–H groups in total. The Labute approximate surface area is 217 Å². The lowest BCUT2D eigenvalue weighted by Crippen LogP contribution is -2.49. The molecule has 5 aromatic rings. The first kappa shape index (κ1) is 21.7. The van der Waals surface area contributed by atoms with Gasteiger partial charge in [0.25, 0.3) is 11.8 Å². The topological polar surface area (TPSA) is 80.8 Å². The number of ether oxygens (including phenoxy) is 1. The van der Waals surface area contributed by atoms with E-state index in [-0.39, 0.29) is 17.9 Å². The lowest BCUT2D eigenvalue weighted by atomic mass is 9.81. The average molecular weight is 502 g/mol. The molecule has 0 bridgehead atoms. The first-order valence-corrected chi connectivity index (χ1v) is 13.3. The Balaban J connectivity index is 1.42. The van der Waals surface area contributed by atoms with Crippen LogP contribution in [0.15, 0.2) is 48.5 Å². The van der Waals surface area contributed by atoms with E-state index in [1.54, 1.807) is 12.1 Å². The van der Waals surface area contributed by atoms with E-state index in [0.717, 1.165) is 58.0 Å². The number of cyclic esters (lactones) is 2. The number of hydrogen-bond donors (Lipinski definition) is 0. The van der Waals surface area contributed by atoms with Crippen molar-refractivity contribution < 1.29 is 23.9 Å². The van der Waals surface area contributed by atoms with Gasteiger partial charge in [-0.15, -0.1) is 0 Å². The fraction of sp³-hybridized carbons (Fsp3) is 0.250. The van der Waals surface area contributed by atoms with Gasteiger partial charge in [0.1, 0.15) is 0 Å². The minimum absolute atomic E-state index is 0.153. The van der Waals surface area contributed by atoms with Crippen molar-refractivity contribution >= 4 is 66.8 Å². The third kappa shape index (κ3) is 2.57. The van der Waals surface area contributed by atoms with Crippen LogP contribution in [0.3, 0.4) is 0 Å². The molecule has 1 fully saturated rings. The maximum Gasteiger partial charge on any atom is 0.346 e. The number of nitrogens with zero attached hydrogens (tertiary/aromatic N) is 1. The highest BCUT2D eigenvalue weighted by Gasteiger charge is 2.40. The number of hydrogen-bond acceptors (Lipinski definition) is 5. The van der Waals surface area contributed by atoms with Gasteiger partial charge in [-0.05, 0) is 82.3 Å². The van der Waals surface area contributed by atoms with Crippen LogP contribution in [-0.4, -0.2) is 34.7 Å². The molecule has 5 aromatic carbocycles. The lowest BCUT2D eigenvalue weighted by molar-refractivity contribution is 0.0388. The largest absolute Gasteiger partial charge is 0.386 e. The van der Waals surface area contributed by atoms with Gasteiger partial charge in [0.2, 0.25) is 0 Å². The van der Waals surface area contributed by atoms with Crippen molar-refractivity contribution in [2.75, 3.05) is 0 Å². The molecule has 6 nitrogen and oxygen atoms in total. The zero-order valence-electron chi connectivity index (χ0n) is 20.8. The molecule has 38 heavy (non-hydrogen) atoms. The number of imide groups is 1. The smallest absolute Gasteiger partial charge is 0.346 e. The van der Waals surface area contributed by atoms with Crippen LogP contribution >= 0.6 is 0 Å². The van der Waals surface area contributed by atoms with Gasteiger partial charge in [0.15, 0.2) is 0 Å². The van der Waals surface area contributed by atoms with Gasteiger partial charge in [0.05, 0.1) is 11.1 Å². The van der Waals surface area contributed by atoms with Crippen molar-refractivity contribution in [1.82, 2.24) is 4.90 Å². The number of esters is 2. The van der Waals surface area contributed by atoms with Gasteiger partial charge in [-0.25, -0.2) is 9.59 Å². The molecule has 2 aliphatic heterocycles. The molecule has 3 aliphatic rings. The van der Waals surface area contributed by atoms with Gasteiger partial charge in [-0.2, -0.15) is 0 Å². The third-order valence-electron chi connectivity index (χ3n) is 9.16. The predicted octanol–water partition coefficient (Wildman–Crippen LogP) is 6.61. The van der Waals surface area contributed by atoms with E-state index in [9.17, 15) is 19.2 Å². The van der Waals surface area contributed by atoms with Crippen LogP contribution in [0.4, 0.5) is 0 Å². The molecule has 0 radical (unpaired) electrons. The number of rotatable bonds is 2. The summed E-state index contributed by atoms with van der Waals surface area (Å²) in [6.45, 7) is 2.02. The van der Waals surface area contributed by atoms with Crippen molar-refractivity contribution in [3.8, 4) is 0 Å². The van der Waals surface area contributed by atoms with Gasteiger partial charge >= 0.3 is 11.9 Å². The summed E-state index contributed by atoms with van der Waals surface area (Å²) in [6, 6.07) is 14.5. The first-order valence-electron chi connectivity index (χ1n) is 13.3. The van der Waals surface area contributed by atoms with Gasteiger partial charge in [-0.3, -0.25) is 14.5 Å². The highest BCUT2D eigenvalue weighted by Crippen LogP contribution is 2.46. The summed E-state index contributed by atoms with van der Waals surface area (Å²) in [5.74, 6) is -1.43.